The van der Waals surface area contributed by atoms with Gasteiger partial charge in [-0.25, -0.2) is 8.78 Å². The second-order valence-corrected chi connectivity index (χ2v) is 4.12. The Bertz CT molecular complexity index is 435. The lowest BCUT2D eigenvalue weighted by Crippen LogP contribution is -2.13. The molecule has 0 N–H and O–H groups in total. The average molecular weight is 256 g/mol. The molecule has 0 saturated heterocycles. The van der Waals surface area contributed by atoms with Crippen molar-refractivity contribution >= 4 is 11.8 Å². The van der Waals surface area contributed by atoms with E-state index < -0.39 is 23.4 Å². The van der Waals surface area contributed by atoms with Crippen LogP contribution in [0.5, 0.6) is 0 Å². The minimum atomic E-state index is -0.817. The van der Waals surface area contributed by atoms with Crippen LogP contribution in [-0.2, 0) is 9.53 Å². The maximum absolute atomic E-state index is 12.9. The Kier molecular flexibility index (Phi) is 4.95. The van der Waals surface area contributed by atoms with Gasteiger partial charge in [0.1, 0.15) is 11.6 Å². The highest BCUT2D eigenvalue weighted by atomic mass is 19.1. The number of hydrogen-bond donors (Lipinski definition) is 0. The fraction of sp³-hybridized carbons (Fsp3) is 0.385. The van der Waals surface area contributed by atoms with Gasteiger partial charge in [0.2, 0.25) is 0 Å². The summed E-state index contributed by atoms with van der Waals surface area (Å²) in [5.41, 5.74) is -0.0788. The maximum Gasteiger partial charge on any atom is 0.306 e. The maximum atomic E-state index is 12.9. The van der Waals surface area contributed by atoms with Gasteiger partial charge in [0.25, 0.3) is 0 Å². The lowest BCUT2D eigenvalue weighted by Gasteiger charge is -2.07. The molecular formula is C13H14F2O3. The summed E-state index contributed by atoms with van der Waals surface area (Å²) < 4.78 is 30.6. The molecule has 0 saturated carbocycles. The molecule has 0 aliphatic rings. The van der Waals surface area contributed by atoms with Crippen LogP contribution >= 0.6 is 0 Å². The predicted molar refractivity (Wildman–Crippen MR) is 61.2 cm³/mol. The second kappa shape index (κ2) is 6.23. The Balaban J connectivity index is 2.58. The normalized spacial score (nSPS) is 10.5. The fourth-order valence-electron chi connectivity index (χ4n) is 1.40. The Morgan fingerprint density at radius 1 is 1.11 bits per heavy atom. The molecule has 0 spiro atoms. The van der Waals surface area contributed by atoms with Crippen molar-refractivity contribution in [3.63, 3.8) is 0 Å². The molecule has 0 bridgehead atoms. The molecule has 0 unspecified atom stereocenters. The van der Waals surface area contributed by atoms with E-state index in [0.29, 0.717) is 6.07 Å². The van der Waals surface area contributed by atoms with Gasteiger partial charge in [-0.15, -0.1) is 0 Å². The van der Waals surface area contributed by atoms with Gasteiger partial charge in [-0.2, -0.15) is 0 Å². The largest absolute Gasteiger partial charge is 0.463 e. The molecule has 3 nitrogen and oxygen atoms in total. The van der Waals surface area contributed by atoms with Crippen LogP contribution < -0.4 is 0 Å². The van der Waals surface area contributed by atoms with Crippen molar-refractivity contribution in [2.75, 3.05) is 0 Å². The van der Waals surface area contributed by atoms with E-state index in [9.17, 15) is 18.4 Å². The highest BCUT2D eigenvalue weighted by Gasteiger charge is 2.13. The third kappa shape index (κ3) is 4.61. The molecule has 5 heteroatoms. The molecule has 0 aromatic heterocycles. The fourth-order valence-corrected chi connectivity index (χ4v) is 1.40. The van der Waals surface area contributed by atoms with E-state index in [1.54, 1.807) is 13.8 Å². The Hall–Kier alpha value is -1.78. The van der Waals surface area contributed by atoms with E-state index in [2.05, 4.69) is 0 Å². The van der Waals surface area contributed by atoms with Crippen molar-refractivity contribution in [2.45, 2.75) is 32.8 Å². The first kappa shape index (κ1) is 14.3. The number of rotatable bonds is 5. The number of halogens is 2. The zero-order chi connectivity index (χ0) is 13.7. The quantitative estimate of drug-likeness (QED) is 0.601. The number of ketones is 1. The molecule has 1 aromatic carbocycles. The van der Waals surface area contributed by atoms with Gasteiger partial charge in [0.15, 0.2) is 5.78 Å². The summed E-state index contributed by atoms with van der Waals surface area (Å²) in [5, 5.41) is 0. The molecule has 0 heterocycles. The van der Waals surface area contributed by atoms with Crippen LogP contribution in [0.15, 0.2) is 18.2 Å². The van der Waals surface area contributed by atoms with Gasteiger partial charge >= 0.3 is 5.97 Å². The molecule has 98 valence electrons. The molecule has 0 fully saturated rings. The summed E-state index contributed by atoms with van der Waals surface area (Å²) in [6, 6.07) is 2.57. The van der Waals surface area contributed by atoms with Gasteiger partial charge < -0.3 is 4.74 Å². The van der Waals surface area contributed by atoms with Crippen molar-refractivity contribution in [3.05, 3.63) is 35.4 Å². The third-order valence-corrected chi connectivity index (χ3v) is 2.11. The molecule has 18 heavy (non-hydrogen) atoms. The molecule has 0 aliphatic heterocycles. The Labute approximate surface area is 104 Å². The first-order chi connectivity index (χ1) is 8.38. The van der Waals surface area contributed by atoms with E-state index in [-0.39, 0.29) is 24.5 Å². The van der Waals surface area contributed by atoms with Gasteiger partial charge in [-0.1, -0.05) is 0 Å². The van der Waals surface area contributed by atoms with Gasteiger partial charge in [-0.3, -0.25) is 9.59 Å². The van der Waals surface area contributed by atoms with Crippen LogP contribution in [0.4, 0.5) is 8.78 Å². The number of ether oxygens (including phenoxy) is 1. The van der Waals surface area contributed by atoms with Gasteiger partial charge in [0, 0.05) is 18.1 Å². The van der Waals surface area contributed by atoms with Crippen molar-refractivity contribution in [1.82, 2.24) is 0 Å². The molecule has 0 atom stereocenters. The molecule has 0 radical (unpaired) electrons. The molecular weight excluding hydrogens is 242 g/mol. The third-order valence-electron chi connectivity index (χ3n) is 2.11. The summed E-state index contributed by atoms with van der Waals surface area (Å²) in [7, 11) is 0. The van der Waals surface area contributed by atoms with E-state index in [1.165, 1.54) is 0 Å². The summed E-state index contributed by atoms with van der Waals surface area (Å²) >= 11 is 0. The monoisotopic (exact) mass is 256 g/mol. The lowest BCUT2D eigenvalue weighted by molar-refractivity contribution is -0.147. The van der Waals surface area contributed by atoms with Crippen molar-refractivity contribution < 1.29 is 23.1 Å². The number of carbonyl (C=O) groups is 2. The number of carbonyl (C=O) groups excluding carboxylic acids is 2. The van der Waals surface area contributed by atoms with E-state index in [4.69, 9.17) is 4.74 Å². The first-order valence-electron chi connectivity index (χ1n) is 5.57. The summed E-state index contributed by atoms with van der Waals surface area (Å²) in [6.45, 7) is 3.39. The van der Waals surface area contributed by atoms with E-state index >= 15 is 0 Å². The number of esters is 1. The standard InChI is InChI=1S/C13H14F2O3/c1-8(2)18-13(17)4-3-12(16)9-5-10(14)7-11(15)6-9/h5-8H,3-4H2,1-2H3. The van der Waals surface area contributed by atoms with E-state index in [0.717, 1.165) is 12.1 Å². The summed E-state index contributed by atoms with van der Waals surface area (Å²) in [5.74, 6) is -2.63. The highest BCUT2D eigenvalue weighted by Crippen LogP contribution is 2.11. The van der Waals surface area contributed by atoms with Crippen LogP contribution in [0, 0.1) is 11.6 Å². The molecule has 0 aliphatic carbocycles. The topological polar surface area (TPSA) is 43.4 Å². The number of hydrogen-bond acceptors (Lipinski definition) is 3. The van der Waals surface area contributed by atoms with Crippen LogP contribution in [0.25, 0.3) is 0 Å². The zero-order valence-electron chi connectivity index (χ0n) is 10.2. The number of Topliss-reactive ketones (excluding diaryl/α,β-unsaturated/α-hetero) is 1. The predicted octanol–water partition coefficient (Wildman–Crippen LogP) is 2.88. The minimum Gasteiger partial charge on any atom is -0.463 e. The summed E-state index contributed by atoms with van der Waals surface area (Å²) in [4.78, 5) is 22.8. The van der Waals surface area contributed by atoms with E-state index in [1.807, 2.05) is 0 Å². The van der Waals surface area contributed by atoms with Crippen molar-refractivity contribution in [1.29, 1.82) is 0 Å². The minimum absolute atomic E-state index is 0.0788. The zero-order valence-corrected chi connectivity index (χ0v) is 10.2. The molecule has 1 rings (SSSR count). The van der Waals surface area contributed by atoms with Crippen molar-refractivity contribution in [2.24, 2.45) is 0 Å². The SMILES string of the molecule is CC(C)OC(=O)CCC(=O)c1cc(F)cc(F)c1. The van der Waals surface area contributed by atoms with Crippen LogP contribution in [-0.4, -0.2) is 17.9 Å². The van der Waals surface area contributed by atoms with Gasteiger partial charge in [-0.05, 0) is 26.0 Å². The Morgan fingerprint density at radius 2 is 1.67 bits per heavy atom. The van der Waals surface area contributed by atoms with Crippen LogP contribution in [0.3, 0.4) is 0 Å². The lowest BCUT2D eigenvalue weighted by atomic mass is 10.1. The van der Waals surface area contributed by atoms with Crippen molar-refractivity contribution in [3.8, 4) is 0 Å². The van der Waals surface area contributed by atoms with Gasteiger partial charge in [0.05, 0.1) is 12.5 Å². The Morgan fingerprint density at radius 3 is 2.17 bits per heavy atom. The molecule has 1 aromatic rings. The van der Waals surface area contributed by atoms with Crippen LogP contribution in [0.1, 0.15) is 37.0 Å². The second-order valence-electron chi connectivity index (χ2n) is 4.12. The number of benzene rings is 1. The average Bonchev–Trinajstić information content (AvgIpc) is 2.23. The smallest absolute Gasteiger partial charge is 0.306 e. The summed E-state index contributed by atoms with van der Waals surface area (Å²) in [6.07, 6.45) is -0.483. The van der Waals surface area contributed by atoms with Crippen LogP contribution in [0.2, 0.25) is 0 Å². The highest BCUT2D eigenvalue weighted by molar-refractivity contribution is 5.97. The first-order valence-corrected chi connectivity index (χ1v) is 5.57. The molecule has 0 amide bonds.